The summed E-state index contributed by atoms with van der Waals surface area (Å²) < 4.78 is 11.4. The van der Waals surface area contributed by atoms with Crippen LogP contribution in [0.2, 0.25) is 0 Å². The highest BCUT2D eigenvalue weighted by molar-refractivity contribution is 5.79. The third-order valence-corrected chi connectivity index (χ3v) is 7.06. The maximum atomic E-state index is 12.9. The Hall–Kier alpha value is -1.59. The van der Waals surface area contributed by atoms with Crippen LogP contribution in [0.3, 0.4) is 0 Å². The number of carbonyl (C=O) groups is 3. The second kappa shape index (κ2) is 19.6. The van der Waals surface area contributed by atoms with Gasteiger partial charge in [0, 0.05) is 6.42 Å². The molecule has 1 N–H and O–H groups in total. The monoisotopic (exact) mass is 495 g/mol. The number of carbonyl (C=O) groups excluding carboxylic acids is 3. The third-order valence-electron chi connectivity index (χ3n) is 7.06. The van der Waals surface area contributed by atoms with E-state index in [1.54, 1.807) is 0 Å². The van der Waals surface area contributed by atoms with Crippen LogP contribution in [0.4, 0.5) is 0 Å². The first kappa shape index (κ1) is 31.4. The highest BCUT2D eigenvalue weighted by Gasteiger charge is 2.43. The van der Waals surface area contributed by atoms with Crippen LogP contribution >= 0.6 is 0 Å². The molecule has 0 saturated carbocycles. The van der Waals surface area contributed by atoms with Crippen LogP contribution in [-0.2, 0) is 23.9 Å². The molecular weight excluding hydrogens is 442 g/mol. The van der Waals surface area contributed by atoms with E-state index in [1.165, 1.54) is 57.8 Å². The van der Waals surface area contributed by atoms with Crippen molar-refractivity contribution in [2.75, 3.05) is 0 Å². The van der Waals surface area contributed by atoms with Gasteiger partial charge in [-0.25, -0.2) is 4.79 Å². The highest BCUT2D eigenvalue weighted by atomic mass is 16.6. The Bertz CT molecular complexity index is 579. The summed E-state index contributed by atoms with van der Waals surface area (Å²) in [6.07, 6.45) is 18.5. The second-order valence-electron chi connectivity index (χ2n) is 10.8. The first-order valence-corrected chi connectivity index (χ1v) is 14.5. The minimum atomic E-state index is -0.632. The molecule has 6 nitrogen and oxygen atoms in total. The molecule has 0 aromatic carbocycles. The number of hydrogen-bond donors (Lipinski definition) is 1. The number of cyclic esters (lactones) is 1. The fraction of sp³-hybridized carbons (Fsp3) is 0.897. The molecule has 1 heterocycles. The van der Waals surface area contributed by atoms with Crippen LogP contribution in [0.25, 0.3) is 0 Å². The van der Waals surface area contributed by atoms with Crippen LogP contribution in [-0.4, -0.2) is 36.6 Å². The first-order valence-electron chi connectivity index (χ1n) is 14.5. The van der Waals surface area contributed by atoms with E-state index < -0.39 is 6.04 Å². The van der Waals surface area contributed by atoms with Crippen molar-refractivity contribution in [3.8, 4) is 0 Å². The molecular formula is C29H53NO5. The average molecular weight is 496 g/mol. The van der Waals surface area contributed by atoms with Crippen molar-refractivity contribution in [2.24, 2.45) is 11.8 Å². The average Bonchev–Trinajstić information content (AvgIpc) is 2.81. The van der Waals surface area contributed by atoms with Crippen LogP contribution in [0.1, 0.15) is 137 Å². The van der Waals surface area contributed by atoms with Gasteiger partial charge in [0.2, 0.25) is 6.41 Å². The number of amides is 1. The summed E-state index contributed by atoms with van der Waals surface area (Å²) in [5.41, 5.74) is 0. The molecule has 0 aromatic heterocycles. The number of unbranched alkanes of at least 4 members (excludes halogenated alkanes) is 11. The summed E-state index contributed by atoms with van der Waals surface area (Å²) in [4.78, 5) is 36.0. The van der Waals surface area contributed by atoms with Gasteiger partial charge in [0.25, 0.3) is 0 Å². The van der Waals surface area contributed by atoms with Gasteiger partial charge in [-0.05, 0) is 31.6 Å². The van der Waals surface area contributed by atoms with Gasteiger partial charge >= 0.3 is 11.9 Å². The summed E-state index contributed by atoms with van der Waals surface area (Å²) in [5.74, 6) is -0.302. The van der Waals surface area contributed by atoms with E-state index in [0.717, 1.165) is 38.5 Å². The molecule has 6 heteroatoms. The van der Waals surface area contributed by atoms with Gasteiger partial charge in [0.05, 0.1) is 5.92 Å². The lowest BCUT2D eigenvalue weighted by atomic mass is 9.86. The van der Waals surface area contributed by atoms with Crippen molar-refractivity contribution >= 4 is 18.3 Å². The third kappa shape index (κ3) is 13.9. The Morgan fingerprint density at radius 2 is 1.51 bits per heavy atom. The molecule has 1 aliphatic rings. The first-order chi connectivity index (χ1) is 16.9. The van der Waals surface area contributed by atoms with Crippen molar-refractivity contribution in [3.63, 3.8) is 0 Å². The number of nitrogens with one attached hydrogen (secondary N) is 1. The minimum Gasteiger partial charge on any atom is -0.461 e. The normalized spacial score (nSPS) is 19.1. The van der Waals surface area contributed by atoms with E-state index in [0.29, 0.717) is 19.3 Å². The van der Waals surface area contributed by atoms with Gasteiger partial charge in [0.15, 0.2) is 0 Å². The number of ether oxygens (including phenoxy) is 2. The van der Waals surface area contributed by atoms with Gasteiger partial charge in [-0.1, -0.05) is 105 Å². The van der Waals surface area contributed by atoms with Gasteiger partial charge in [-0.3, -0.25) is 9.59 Å². The predicted octanol–water partition coefficient (Wildman–Crippen LogP) is 6.88. The molecule has 1 fully saturated rings. The van der Waals surface area contributed by atoms with Crippen LogP contribution < -0.4 is 5.32 Å². The molecule has 0 spiro atoms. The summed E-state index contributed by atoms with van der Waals surface area (Å²) >= 11 is 0. The van der Waals surface area contributed by atoms with E-state index in [-0.39, 0.29) is 36.0 Å². The highest BCUT2D eigenvalue weighted by Crippen LogP contribution is 2.32. The molecule has 1 rings (SSSR count). The number of hydrogen-bond acceptors (Lipinski definition) is 5. The molecule has 0 aromatic rings. The van der Waals surface area contributed by atoms with E-state index in [4.69, 9.17) is 9.47 Å². The quantitative estimate of drug-likeness (QED) is 0.0949. The second-order valence-corrected chi connectivity index (χ2v) is 10.8. The zero-order chi connectivity index (χ0) is 25.9. The number of rotatable bonds is 23. The minimum absolute atomic E-state index is 0.0734. The summed E-state index contributed by atoms with van der Waals surface area (Å²) in [6.45, 7) is 8.45. The summed E-state index contributed by atoms with van der Waals surface area (Å²) in [6, 6.07) is -0.632. The Kier molecular flexibility index (Phi) is 17.6. The Morgan fingerprint density at radius 1 is 0.943 bits per heavy atom. The summed E-state index contributed by atoms with van der Waals surface area (Å²) in [7, 11) is 0. The van der Waals surface area contributed by atoms with Gasteiger partial charge in [-0.15, -0.1) is 0 Å². The van der Waals surface area contributed by atoms with Gasteiger partial charge < -0.3 is 14.8 Å². The van der Waals surface area contributed by atoms with Crippen molar-refractivity contribution < 1.29 is 23.9 Å². The van der Waals surface area contributed by atoms with Gasteiger partial charge in [0.1, 0.15) is 18.2 Å². The molecule has 0 radical (unpaired) electrons. The van der Waals surface area contributed by atoms with Crippen LogP contribution in [0.15, 0.2) is 0 Å². The maximum Gasteiger partial charge on any atom is 0.328 e. The standard InChI is InChI=1S/C29H53NO5/c1-5-7-9-11-12-13-14-15-16-18-24(34-29(33)26(30-22-31)20-23(3)4)21-27-25(28(32)35-27)19-17-10-8-6-2/h22-27H,5-21H2,1-4H3,(H,30,31)/t24-,25?,26-,27-/m0/s1. The fourth-order valence-electron chi connectivity index (χ4n) is 4.90. The lowest BCUT2D eigenvalue weighted by Gasteiger charge is -2.37. The van der Waals surface area contributed by atoms with Crippen molar-refractivity contribution in [1.82, 2.24) is 5.32 Å². The number of esters is 2. The Balaban J connectivity index is 2.58. The molecule has 1 aliphatic heterocycles. The van der Waals surface area contributed by atoms with E-state index in [2.05, 4.69) is 19.2 Å². The Morgan fingerprint density at radius 3 is 2.06 bits per heavy atom. The molecule has 1 amide bonds. The Labute approximate surface area is 214 Å². The lowest BCUT2D eigenvalue weighted by Crippen LogP contribution is -2.48. The lowest BCUT2D eigenvalue weighted by molar-refractivity contribution is -0.190. The smallest absolute Gasteiger partial charge is 0.328 e. The van der Waals surface area contributed by atoms with Crippen molar-refractivity contribution in [1.29, 1.82) is 0 Å². The van der Waals surface area contributed by atoms with Gasteiger partial charge in [-0.2, -0.15) is 0 Å². The zero-order valence-corrected chi connectivity index (χ0v) is 23.0. The maximum absolute atomic E-state index is 12.9. The molecule has 35 heavy (non-hydrogen) atoms. The molecule has 204 valence electrons. The molecule has 1 saturated heterocycles. The van der Waals surface area contributed by atoms with Crippen molar-refractivity contribution in [2.45, 2.75) is 155 Å². The predicted molar refractivity (Wildman–Crippen MR) is 141 cm³/mol. The molecule has 0 aliphatic carbocycles. The largest absolute Gasteiger partial charge is 0.461 e. The molecule has 1 unspecified atom stereocenters. The van der Waals surface area contributed by atoms with Crippen LogP contribution in [0, 0.1) is 11.8 Å². The topological polar surface area (TPSA) is 81.7 Å². The van der Waals surface area contributed by atoms with E-state index in [9.17, 15) is 14.4 Å². The van der Waals surface area contributed by atoms with E-state index >= 15 is 0 Å². The van der Waals surface area contributed by atoms with E-state index in [1.807, 2.05) is 13.8 Å². The van der Waals surface area contributed by atoms with Crippen molar-refractivity contribution in [3.05, 3.63) is 0 Å². The molecule has 4 atom stereocenters. The zero-order valence-electron chi connectivity index (χ0n) is 23.0. The fourth-order valence-corrected chi connectivity index (χ4v) is 4.90. The SMILES string of the molecule is CCCCCCCCCCC[C@@H](C[C@@H]1OC(=O)C1CCCCCC)OC(=O)[C@H](CC(C)C)NC=O. The summed E-state index contributed by atoms with van der Waals surface area (Å²) in [5, 5.41) is 2.62. The van der Waals surface area contributed by atoms with Crippen LogP contribution in [0.5, 0.6) is 0 Å². The molecule has 0 bridgehead atoms.